The standard InChI is InChI=1S/C15H13ClO3S/c1-19-13-4-2-3-11(9-13)15(17)10-20(18)14-7-5-12(16)6-8-14/h2-9H,10H2,1H3. The molecule has 1 unspecified atom stereocenters. The molecule has 0 spiro atoms. The Morgan fingerprint density at radius 3 is 2.55 bits per heavy atom. The molecular formula is C15H13ClO3S. The van der Waals surface area contributed by atoms with E-state index in [4.69, 9.17) is 16.3 Å². The van der Waals surface area contributed by atoms with E-state index >= 15 is 0 Å². The van der Waals surface area contributed by atoms with E-state index < -0.39 is 10.8 Å². The first-order valence-electron chi connectivity index (χ1n) is 5.91. The monoisotopic (exact) mass is 308 g/mol. The first-order valence-corrected chi connectivity index (χ1v) is 7.61. The number of rotatable bonds is 5. The summed E-state index contributed by atoms with van der Waals surface area (Å²) < 4.78 is 17.2. The molecule has 104 valence electrons. The van der Waals surface area contributed by atoms with Gasteiger partial charge in [0.15, 0.2) is 5.78 Å². The maximum Gasteiger partial charge on any atom is 0.175 e. The zero-order valence-electron chi connectivity index (χ0n) is 10.8. The molecule has 2 aromatic carbocycles. The number of carbonyl (C=O) groups excluding carboxylic acids is 1. The largest absolute Gasteiger partial charge is 0.497 e. The van der Waals surface area contributed by atoms with Crippen LogP contribution in [-0.4, -0.2) is 22.9 Å². The Morgan fingerprint density at radius 1 is 1.20 bits per heavy atom. The number of hydrogen-bond acceptors (Lipinski definition) is 3. The van der Waals surface area contributed by atoms with Crippen molar-refractivity contribution in [3.8, 4) is 5.75 Å². The summed E-state index contributed by atoms with van der Waals surface area (Å²) in [6.45, 7) is 0. The van der Waals surface area contributed by atoms with Gasteiger partial charge in [-0.2, -0.15) is 0 Å². The van der Waals surface area contributed by atoms with Gasteiger partial charge in [-0.25, -0.2) is 0 Å². The number of halogens is 1. The fourth-order valence-corrected chi connectivity index (χ4v) is 2.81. The van der Waals surface area contributed by atoms with E-state index in [1.807, 2.05) is 0 Å². The highest BCUT2D eigenvalue weighted by atomic mass is 35.5. The van der Waals surface area contributed by atoms with Crippen LogP contribution in [0.1, 0.15) is 10.4 Å². The van der Waals surface area contributed by atoms with Crippen LogP contribution in [-0.2, 0) is 10.8 Å². The molecule has 2 aromatic rings. The van der Waals surface area contributed by atoms with Crippen molar-refractivity contribution in [1.29, 1.82) is 0 Å². The number of carbonyl (C=O) groups is 1. The van der Waals surface area contributed by atoms with Gasteiger partial charge in [-0.15, -0.1) is 0 Å². The Kier molecular flexibility index (Phi) is 4.93. The lowest BCUT2D eigenvalue weighted by atomic mass is 10.1. The van der Waals surface area contributed by atoms with Crippen LogP contribution in [0, 0.1) is 0 Å². The summed E-state index contributed by atoms with van der Waals surface area (Å²) in [5.74, 6) is 0.361. The molecule has 0 aliphatic heterocycles. The van der Waals surface area contributed by atoms with Crippen LogP contribution in [0.25, 0.3) is 0 Å². The Bertz CT molecular complexity index is 638. The van der Waals surface area contributed by atoms with E-state index in [1.54, 1.807) is 48.5 Å². The van der Waals surface area contributed by atoms with Crippen molar-refractivity contribution in [1.82, 2.24) is 0 Å². The van der Waals surface area contributed by atoms with Gasteiger partial charge in [0, 0.05) is 15.5 Å². The summed E-state index contributed by atoms with van der Waals surface area (Å²) in [7, 11) is 0.157. The average molecular weight is 309 g/mol. The van der Waals surface area contributed by atoms with Gasteiger partial charge in [0.05, 0.1) is 23.7 Å². The maximum absolute atomic E-state index is 12.1. The van der Waals surface area contributed by atoms with Crippen LogP contribution in [0.3, 0.4) is 0 Å². The van der Waals surface area contributed by atoms with Gasteiger partial charge in [0.1, 0.15) is 5.75 Å². The third-order valence-electron chi connectivity index (χ3n) is 2.73. The van der Waals surface area contributed by atoms with Gasteiger partial charge < -0.3 is 4.74 Å². The molecule has 0 heterocycles. The molecule has 0 aliphatic rings. The molecule has 0 amide bonds. The topological polar surface area (TPSA) is 43.4 Å². The summed E-state index contributed by atoms with van der Waals surface area (Å²) in [4.78, 5) is 12.7. The second-order valence-electron chi connectivity index (χ2n) is 4.10. The number of Topliss-reactive ketones (excluding diaryl/α,β-unsaturated/α-hetero) is 1. The average Bonchev–Trinajstić information content (AvgIpc) is 2.47. The van der Waals surface area contributed by atoms with Crippen molar-refractivity contribution >= 4 is 28.2 Å². The van der Waals surface area contributed by atoms with E-state index in [1.165, 1.54) is 7.11 Å². The van der Waals surface area contributed by atoms with E-state index in [0.717, 1.165) is 0 Å². The van der Waals surface area contributed by atoms with Gasteiger partial charge in [0.25, 0.3) is 0 Å². The molecule has 0 saturated heterocycles. The molecule has 0 saturated carbocycles. The number of ether oxygens (including phenoxy) is 1. The van der Waals surface area contributed by atoms with E-state index in [0.29, 0.717) is 21.2 Å². The first-order chi connectivity index (χ1) is 9.60. The van der Waals surface area contributed by atoms with Crippen LogP contribution in [0.4, 0.5) is 0 Å². The zero-order chi connectivity index (χ0) is 14.5. The van der Waals surface area contributed by atoms with Crippen molar-refractivity contribution < 1.29 is 13.7 Å². The minimum absolute atomic E-state index is 0.0607. The smallest absolute Gasteiger partial charge is 0.175 e. The van der Waals surface area contributed by atoms with Crippen molar-refractivity contribution in [2.24, 2.45) is 0 Å². The number of hydrogen-bond donors (Lipinski definition) is 0. The van der Waals surface area contributed by atoms with E-state index in [9.17, 15) is 9.00 Å². The van der Waals surface area contributed by atoms with Crippen LogP contribution < -0.4 is 4.74 Å². The van der Waals surface area contributed by atoms with Gasteiger partial charge in [0.2, 0.25) is 0 Å². The van der Waals surface area contributed by atoms with Crippen LogP contribution in [0.2, 0.25) is 5.02 Å². The molecule has 0 bridgehead atoms. The summed E-state index contributed by atoms with van der Waals surface area (Å²) in [5, 5.41) is 0.574. The predicted molar refractivity (Wildman–Crippen MR) is 80.1 cm³/mol. The van der Waals surface area contributed by atoms with Crippen LogP contribution in [0.15, 0.2) is 53.4 Å². The molecule has 5 heteroatoms. The molecule has 1 atom stereocenters. The second kappa shape index (κ2) is 6.68. The van der Waals surface area contributed by atoms with Gasteiger partial charge >= 0.3 is 0 Å². The molecule has 0 aliphatic carbocycles. The highest BCUT2D eigenvalue weighted by Gasteiger charge is 2.13. The maximum atomic E-state index is 12.1. The minimum Gasteiger partial charge on any atom is -0.497 e. The number of ketones is 1. The van der Waals surface area contributed by atoms with Gasteiger partial charge in [-0.3, -0.25) is 9.00 Å². The van der Waals surface area contributed by atoms with Gasteiger partial charge in [-0.05, 0) is 36.4 Å². The summed E-state index contributed by atoms with van der Waals surface area (Å²) in [5.41, 5.74) is 0.492. The Balaban J connectivity index is 2.10. The molecular weight excluding hydrogens is 296 g/mol. The van der Waals surface area contributed by atoms with Crippen molar-refractivity contribution in [2.75, 3.05) is 12.9 Å². The minimum atomic E-state index is -1.38. The van der Waals surface area contributed by atoms with Crippen LogP contribution in [0.5, 0.6) is 5.75 Å². The normalized spacial score (nSPS) is 11.9. The quantitative estimate of drug-likeness (QED) is 0.796. The van der Waals surface area contributed by atoms with E-state index in [2.05, 4.69) is 0 Å². The fraction of sp³-hybridized carbons (Fsp3) is 0.133. The predicted octanol–water partition coefficient (Wildman–Crippen LogP) is 3.34. The third-order valence-corrected chi connectivity index (χ3v) is 4.30. The molecule has 20 heavy (non-hydrogen) atoms. The Hall–Kier alpha value is -1.65. The molecule has 0 aromatic heterocycles. The van der Waals surface area contributed by atoms with Crippen LogP contribution >= 0.6 is 11.6 Å². The lowest BCUT2D eigenvalue weighted by molar-refractivity contribution is 0.102. The molecule has 2 rings (SSSR count). The molecule has 0 fully saturated rings. The second-order valence-corrected chi connectivity index (χ2v) is 5.99. The van der Waals surface area contributed by atoms with Crippen molar-refractivity contribution in [3.05, 3.63) is 59.1 Å². The molecule has 3 nitrogen and oxygen atoms in total. The lowest BCUT2D eigenvalue weighted by Gasteiger charge is -2.04. The zero-order valence-corrected chi connectivity index (χ0v) is 12.4. The van der Waals surface area contributed by atoms with Gasteiger partial charge in [-0.1, -0.05) is 23.7 Å². The third kappa shape index (κ3) is 3.68. The Labute approximate surface area is 125 Å². The number of benzene rings is 2. The summed E-state index contributed by atoms with van der Waals surface area (Å²) in [6, 6.07) is 13.5. The van der Waals surface area contributed by atoms with E-state index in [-0.39, 0.29) is 11.5 Å². The highest BCUT2D eigenvalue weighted by molar-refractivity contribution is 7.85. The lowest BCUT2D eigenvalue weighted by Crippen LogP contribution is -2.11. The highest BCUT2D eigenvalue weighted by Crippen LogP contribution is 2.16. The summed E-state index contributed by atoms with van der Waals surface area (Å²) >= 11 is 5.77. The molecule has 0 radical (unpaired) electrons. The first kappa shape index (κ1) is 14.8. The fourth-order valence-electron chi connectivity index (χ4n) is 1.67. The summed E-state index contributed by atoms with van der Waals surface area (Å²) in [6.07, 6.45) is 0. The van der Waals surface area contributed by atoms with Crippen molar-refractivity contribution in [2.45, 2.75) is 4.90 Å². The molecule has 0 N–H and O–H groups in total. The number of methoxy groups -OCH3 is 1. The van der Waals surface area contributed by atoms with Crippen molar-refractivity contribution in [3.63, 3.8) is 0 Å². The SMILES string of the molecule is COc1cccc(C(=O)CS(=O)c2ccc(Cl)cc2)c1. The Morgan fingerprint density at radius 2 is 1.90 bits per heavy atom.